The van der Waals surface area contributed by atoms with Crippen LogP contribution in [0.2, 0.25) is 0 Å². The molecule has 5 nitrogen and oxygen atoms in total. The van der Waals surface area contributed by atoms with Gasteiger partial charge in [0, 0.05) is 5.56 Å². The zero-order valence-electron chi connectivity index (χ0n) is 23.0. The summed E-state index contributed by atoms with van der Waals surface area (Å²) < 4.78 is 5.62. The summed E-state index contributed by atoms with van der Waals surface area (Å²) in [5.74, 6) is 0.782. The van der Waals surface area contributed by atoms with E-state index in [0.29, 0.717) is 23.8 Å². The van der Waals surface area contributed by atoms with Crippen LogP contribution in [0.4, 0.5) is 0 Å². The van der Waals surface area contributed by atoms with Crippen LogP contribution in [0.25, 0.3) is 0 Å². The topological polar surface area (TPSA) is 89.6 Å². The number of hydrogen-bond donors (Lipinski definition) is 2. The van der Waals surface area contributed by atoms with E-state index in [2.05, 4.69) is 27.7 Å². The first kappa shape index (κ1) is 31.5. The van der Waals surface area contributed by atoms with Crippen molar-refractivity contribution in [2.45, 2.75) is 117 Å². The number of rotatable bonds is 18. The maximum atomic E-state index is 13.5. The minimum atomic E-state index is -1.11. The predicted molar refractivity (Wildman–Crippen MR) is 149 cm³/mol. The summed E-state index contributed by atoms with van der Waals surface area (Å²) in [7, 11) is 0. The molecule has 1 rings (SSSR count). The number of hydrogen-bond acceptors (Lipinski definition) is 5. The van der Waals surface area contributed by atoms with Crippen molar-refractivity contribution in [1.82, 2.24) is 0 Å². The van der Waals surface area contributed by atoms with Gasteiger partial charge in [0.1, 0.15) is 11.3 Å². The predicted octanol–water partition coefficient (Wildman–Crippen LogP) is 7.75. The number of carboxylic acid groups (broad SMARTS) is 1. The van der Waals surface area contributed by atoms with E-state index in [0.717, 1.165) is 30.8 Å². The Morgan fingerprint density at radius 2 is 1.54 bits per heavy atom. The molecule has 0 spiro atoms. The second kappa shape index (κ2) is 15.6. The largest absolute Gasteiger partial charge is 0.490 e. The third-order valence-electron chi connectivity index (χ3n) is 6.23. The number of carbonyl (C=O) groups excluding carboxylic acids is 1. The summed E-state index contributed by atoms with van der Waals surface area (Å²) in [4.78, 5) is 25.3. The molecule has 200 valence electrons. The molecular formula is C29H49NO4S. The standard InChI is InChI=1S/C29H49NO4S/c1-7-35-20-19-29(30,18-14-12-10-8-9-11-13-17-28(4,5)6)26(31)23-15-16-25(34-22(2)3)24(21-23)27(32)33/h15-16,21-22H,7-14,17-20,30H2,1-6H3,(H,32,33)/t29-/m0/s1. The van der Waals surface area contributed by atoms with Gasteiger partial charge in [-0.1, -0.05) is 72.6 Å². The van der Waals surface area contributed by atoms with E-state index in [9.17, 15) is 14.7 Å². The van der Waals surface area contributed by atoms with Gasteiger partial charge in [0.15, 0.2) is 5.78 Å². The molecule has 1 aromatic rings. The molecule has 0 amide bonds. The number of Topliss-reactive ketones (excluding diaryl/α,β-unsaturated/α-hetero) is 1. The first-order valence-corrected chi connectivity index (χ1v) is 14.5. The van der Waals surface area contributed by atoms with Crippen molar-refractivity contribution in [3.8, 4) is 5.75 Å². The summed E-state index contributed by atoms with van der Waals surface area (Å²) in [6.07, 6.45) is 10.5. The molecule has 0 aliphatic rings. The van der Waals surface area contributed by atoms with Gasteiger partial charge in [0.2, 0.25) is 0 Å². The Labute approximate surface area is 218 Å². The maximum Gasteiger partial charge on any atom is 0.339 e. The van der Waals surface area contributed by atoms with E-state index in [-0.39, 0.29) is 23.2 Å². The number of thioether (sulfide) groups is 1. The number of ether oxygens (including phenoxy) is 1. The number of benzene rings is 1. The van der Waals surface area contributed by atoms with Crippen LogP contribution in [-0.4, -0.2) is 40.0 Å². The molecule has 0 fully saturated rings. The summed E-state index contributed by atoms with van der Waals surface area (Å²) in [5, 5.41) is 9.65. The molecule has 0 unspecified atom stereocenters. The lowest BCUT2D eigenvalue weighted by atomic mass is 9.82. The zero-order chi connectivity index (χ0) is 26.5. The molecule has 3 N–H and O–H groups in total. The van der Waals surface area contributed by atoms with Gasteiger partial charge < -0.3 is 15.6 Å². The van der Waals surface area contributed by atoms with Gasteiger partial charge in [-0.3, -0.25) is 4.79 Å². The van der Waals surface area contributed by atoms with Crippen LogP contribution in [0.5, 0.6) is 5.75 Å². The summed E-state index contributed by atoms with van der Waals surface area (Å²) in [5.41, 5.74) is 6.52. The summed E-state index contributed by atoms with van der Waals surface area (Å²) >= 11 is 1.78. The van der Waals surface area contributed by atoms with E-state index in [4.69, 9.17) is 10.5 Å². The van der Waals surface area contributed by atoms with E-state index in [1.54, 1.807) is 23.9 Å². The minimum absolute atomic E-state index is 0.00120. The highest BCUT2D eigenvalue weighted by Gasteiger charge is 2.34. The summed E-state index contributed by atoms with van der Waals surface area (Å²) in [6, 6.07) is 4.66. The first-order valence-electron chi connectivity index (χ1n) is 13.3. The number of unbranched alkanes of at least 4 members (excludes halogenated alkanes) is 6. The van der Waals surface area contributed by atoms with Crippen molar-refractivity contribution < 1.29 is 19.4 Å². The second-order valence-corrected chi connectivity index (χ2v) is 12.5. The van der Waals surface area contributed by atoms with E-state index < -0.39 is 11.5 Å². The van der Waals surface area contributed by atoms with Crippen molar-refractivity contribution in [3.63, 3.8) is 0 Å². The highest BCUT2D eigenvalue weighted by Crippen LogP contribution is 2.28. The van der Waals surface area contributed by atoms with Crippen LogP contribution in [-0.2, 0) is 0 Å². The van der Waals surface area contributed by atoms with E-state index >= 15 is 0 Å². The van der Waals surface area contributed by atoms with E-state index in [1.807, 2.05) is 13.8 Å². The number of aromatic carboxylic acids is 1. The van der Waals surface area contributed by atoms with Gasteiger partial charge in [0.05, 0.1) is 11.6 Å². The Morgan fingerprint density at radius 3 is 2.06 bits per heavy atom. The van der Waals surface area contributed by atoms with Crippen LogP contribution in [0.15, 0.2) is 18.2 Å². The molecule has 0 radical (unpaired) electrons. The molecule has 35 heavy (non-hydrogen) atoms. The lowest BCUT2D eigenvalue weighted by Crippen LogP contribution is -2.48. The van der Waals surface area contributed by atoms with Gasteiger partial charge >= 0.3 is 5.97 Å². The van der Waals surface area contributed by atoms with Crippen LogP contribution in [0.1, 0.15) is 126 Å². The monoisotopic (exact) mass is 507 g/mol. The third kappa shape index (κ3) is 12.3. The molecule has 1 aromatic carbocycles. The van der Waals surface area contributed by atoms with Crippen molar-refractivity contribution in [1.29, 1.82) is 0 Å². The first-order chi connectivity index (χ1) is 16.4. The molecule has 0 bridgehead atoms. The molecular weight excluding hydrogens is 458 g/mol. The van der Waals surface area contributed by atoms with Gasteiger partial charge in [-0.15, -0.1) is 0 Å². The average molecular weight is 508 g/mol. The quantitative estimate of drug-likeness (QED) is 0.156. The fraction of sp³-hybridized carbons (Fsp3) is 0.724. The molecule has 0 aliphatic heterocycles. The third-order valence-corrected chi connectivity index (χ3v) is 7.13. The molecule has 6 heteroatoms. The van der Waals surface area contributed by atoms with Gasteiger partial charge in [-0.05, 0) is 68.2 Å². The lowest BCUT2D eigenvalue weighted by Gasteiger charge is -2.28. The molecule has 0 heterocycles. The lowest BCUT2D eigenvalue weighted by molar-refractivity contribution is 0.0690. The number of carboxylic acids is 1. The fourth-order valence-corrected chi connectivity index (χ4v) is 5.01. The second-order valence-electron chi connectivity index (χ2n) is 11.2. The normalized spacial score (nSPS) is 13.6. The fourth-order valence-electron chi connectivity index (χ4n) is 4.21. The van der Waals surface area contributed by atoms with Crippen molar-refractivity contribution in [3.05, 3.63) is 29.3 Å². The average Bonchev–Trinajstić information content (AvgIpc) is 2.76. The van der Waals surface area contributed by atoms with Crippen molar-refractivity contribution in [2.75, 3.05) is 11.5 Å². The Balaban J connectivity index is 2.75. The van der Waals surface area contributed by atoms with Crippen LogP contribution < -0.4 is 10.5 Å². The SMILES string of the molecule is CCSCC[C@@](N)(CCCCCCCCCC(C)(C)C)C(=O)c1ccc(OC(C)C)c(C(=O)O)c1. The highest BCUT2D eigenvalue weighted by molar-refractivity contribution is 7.99. The minimum Gasteiger partial charge on any atom is -0.490 e. The Hall–Kier alpha value is -1.53. The molecule has 0 saturated heterocycles. The van der Waals surface area contributed by atoms with Crippen molar-refractivity contribution in [2.24, 2.45) is 11.1 Å². The summed E-state index contributed by atoms with van der Waals surface area (Å²) in [6.45, 7) is 12.7. The molecule has 1 atom stereocenters. The zero-order valence-corrected chi connectivity index (χ0v) is 23.8. The number of ketones is 1. The highest BCUT2D eigenvalue weighted by atomic mass is 32.2. The van der Waals surface area contributed by atoms with Gasteiger partial charge in [0.25, 0.3) is 0 Å². The van der Waals surface area contributed by atoms with Crippen LogP contribution in [0.3, 0.4) is 0 Å². The Morgan fingerprint density at radius 1 is 0.971 bits per heavy atom. The van der Waals surface area contributed by atoms with Crippen molar-refractivity contribution >= 4 is 23.5 Å². The van der Waals surface area contributed by atoms with E-state index in [1.165, 1.54) is 38.2 Å². The smallest absolute Gasteiger partial charge is 0.339 e. The van der Waals surface area contributed by atoms with Gasteiger partial charge in [-0.2, -0.15) is 11.8 Å². The molecule has 0 aromatic heterocycles. The molecule has 0 aliphatic carbocycles. The van der Waals surface area contributed by atoms with Crippen LogP contribution in [0, 0.1) is 5.41 Å². The molecule has 0 saturated carbocycles. The number of nitrogens with two attached hydrogens (primary N) is 1. The maximum absolute atomic E-state index is 13.5. The Bertz CT molecular complexity index is 787. The van der Waals surface area contributed by atoms with Crippen LogP contribution >= 0.6 is 11.8 Å². The van der Waals surface area contributed by atoms with Gasteiger partial charge in [-0.25, -0.2) is 4.79 Å². The Kier molecular flexibility index (Phi) is 14.0. The number of carbonyl (C=O) groups is 2.